The topological polar surface area (TPSA) is 50.4 Å². The van der Waals surface area contributed by atoms with Crippen molar-refractivity contribution in [2.45, 2.75) is 0 Å². The molecule has 1 amide bonds. The monoisotopic (exact) mass is 342 g/mol. The number of carbonyl (C=O) groups is 1. The SMILES string of the molecule is COc1ccc(NCC(=O)Nc2ccc(F)cc2Cl)cc1Cl. The summed E-state index contributed by atoms with van der Waals surface area (Å²) in [6.07, 6.45) is 0. The van der Waals surface area contributed by atoms with Crippen LogP contribution in [-0.2, 0) is 4.79 Å². The number of nitrogens with one attached hydrogen (secondary N) is 2. The number of ether oxygens (including phenoxy) is 1. The second-order valence-corrected chi connectivity index (χ2v) is 5.19. The van der Waals surface area contributed by atoms with E-state index in [1.807, 2.05) is 0 Å². The van der Waals surface area contributed by atoms with E-state index in [0.29, 0.717) is 22.1 Å². The smallest absolute Gasteiger partial charge is 0.243 e. The Hall–Kier alpha value is -1.98. The molecule has 4 nitrogen and oxygen atoms in total. The van der Waals surface area contributed by atoms with E-state index in [1.54, 1.807) is 18.2 Å². The lowest BCUT2D eigenvalue weighted by Crippen LogP contribution is -2.21. The van der Waals surface area contributed by atoms with E-state index < -0.39 is 5.82 Å². The van der Waals surface area contributed by atoms with Crippen LogP contribution in [0.3, 0.4) is 0 Å². The Labute approximate surface area is 137 Å². The first-order valence-electron chi connectivity index (χ1n) is 6.32. The van der Waals surface area contributed by atoms with Gasteiger partial charge in [0.25, 0.3) is 0 Å². The Kier molecular flexibility index (Phi) is 5.46. The van der Waals surface area contributed by atoms with E-state index in [4.69, 9.17) is 27.9 Å². The Bertz CT molecular complexity index is 695. The van der Waals surface area contributed by atoms with Gasteiger partial charge in [-0.1, -0.05) is 23.2 Å². The zero-order valence-electron chi connectivity index (χ0n) is 11.6. The van der Waals surface area contributed by atoms with Gasteiger partial charge in [0, 0.05) is 5.69 Å². The van der Waals surface area contributed by atoms with Gasteiger partial charge in [0.05, 0.1) is 29.4 Å². The van der Waals surface area contributed by atoms with Gasteiger partial charge in [-0.15, -0.1) is 0 Å². The summed E-state index contributed by atoms with van der Waals surface area (Å²) >= 11 is 11.8. The number of methoxy groups -OCH3 is 1. The lowest BCUT2D eigenvalue weighted by atomic mass is 10.3. The fourth-order valence-electron chi connectivity index (χ4n) is 1.74. The molecule has 0 fully saturated rings. The zero-order valence-corrected chi connectivity index (χ0v) is 13.1. The maximum Gasteiger partial charge on any atom is 0.243 e. The van der Waals surface area contributed by atoms with Crippen molar-refractivity contribution in [3.05, 3.63) is 52.3 Å². The van der Waals surface area contributed by atoms with Crippen molar-refractivity contribution in [1.82, 2.24) is 0 Å². The van der Waals surface area contributed by atoms with Crippen molar-refractivity contribution in [3.63, 3.8) is 0 Å². The van der Waals surface area contributed by atoms with Crippen LogP contribution >= 0.6 is 23.2 Å². The maximum atomic E-state index is 12.9. The van der Waals surface area contributed by atoms with Gasteiger partial charge in [-0.3, -0.25) is 4.79 Å². The third-order valence-electron chi connectivity index (χ3n) is 2.81. The minimum absolute atomic E-state index is 0.0103. The van der Waals surface area contributed by atoms with Gasteiger partial charge in [0.15, 0.2) is 0 Å². The molecule has 0 heterocycles. The average Bonchev–Trinajstić information content (AvgIpc) is 2.48. The molecule has 0 saturated carbocycles. The number of carbonyl (C=O) groups excluding carboxylic acids is 1. The Balaban J connectivity index is 1.94. The number of amides is 1. The highest BCUT2D eigenvalue weighted by atomic mass is 35.5. The predicted molar refractivity (Wildman–Crippen MR) is 86.5 cm³/mol. The molecular weight excluding hydrogens is 330 g/mol. The fourth-order valence-corrected chi connectivity index (χ4v) is 2.22. The van der Waals surface area contributed by atoms with Gasteiger partial charge >= 0.3 is 0 Å². The highest BCUT2D eigenvalue weighted by molar-refractivity contribution is 6.33. The molecule has 0 aromatic heterocycles. The fraction of sp³-hybridized carbons (Fsp3) is 0.133. The van der Waals surface area contributed by atoms with E-state index in [2.05, 4.69) is 10.6 Å². The number of hydrogen-bond acceptors (Lipinski definition) is 3. The van der Waals surface area contributed by atoms with Crippen molar-refractivity contribution in [3.8, 4) is 5.75 Å². The molecule has 2 rings (SSSR count). The van der Waals surface area contributed by atoms with E-state index in [-0.39, 0.29) is 17.5 Å². The molecule has 0 bridgehead atoms. The molecule has 7 heteroatoms. The van der Waals surface area contributed by atoms with E-state index in [9.17, 15) is 9.18 Å². The Morgan fingerprint density at radius 1 is 1.18 bits per heavy atom. The number of rotatable bonds is 5. The van der Waals surface area contributed by atoms with Gasteiger partial charge in [-0.25, -0.2) is 4.39 Å². The van der Waals surface area contributed by atoms with Crippen molar-refractivity contribution in [1.29, 1.82) is 0 Å². The average molecular weight is 343 g/mol. The molecule has 116 valence electrons. The molecule has 0 aliphatic heterocycles. The number of benzene rings is 2. The molecule has 0 aliphatic carbocycles. The molecule has 2 aromatic rings. The minimum atomic E-state index is -0.464. The summed E-state index contributed by atoms with van der Waals surface area (Å²) in [6.45, 7) is 0.0103. The van der Waals surface area contributed by atoms with Crippen LogP contribution in [0.25, 0.3) is 0 Å². The maximum absolute atomic E-state index is 12.9. The van der Waals surface area contributed by atoms with Crippen molar-refractivity contribution in [2.24, 2.45) is 0 Å². The normalized spacial score (nSPS) is 10.2. The Morgan fingerprint density at radius 3 is 2.59 bits per heavy atom. The summed E-state index contributed by atoms with van der Waals surface area (Å²) in [7, 11) is 1.52. The number of hydrogen-bond donors (Lipinski definition) is 2. The highest BCUT2D eigenvalue weighted by Gasteiger charge is 2.07. The molecule has 0 saturated heterocycles. The van der Waals surface area contributed by atoms with Gasteiger partial charge in [-0.2, -0.15) is 0 Å². The summed E-state index contributed by atoms with van der Waals surface area (Å²) < 4.78 is 18.0. The molecule has 22 heavy (non-hydrogen) atoms. The highest BCUT2D eigenvalue weighted by Crippen LogP contribution is 2.27. The molecule has 0 atom stereocenters. The molecule has 2 aromatic carbocycles. The zero-order chi connectivity index (χ0) is 16.1. The van der Waals surface area contributed by atoms with Crippen LogP contribution < -0.4 is 15.4 Å². The first kappa shape index (κ1) is 16.4. The van der Waals surface area contributed by atoms with Crippen LogP contribution in [0.2, 0.25) is 10.0 Å². The molecule has 0 spiro atoms. The summed E-state index contributed by atoms with van der Waals surface area (Å²) in [5, 5.41) is 6.08. The standard InChI is InChI=1S/C15H13Cl2FN2O2/c1-22-14-5-3-10(7-12(14)17)19-8-15(21)20-13-4-2-9(18)6-11(13)16/h2-7,19H,8H2,1H3,(H,20,21). The van der Waals surface area contributed by atoms with Crippen molar-refractivity contribution in [2.75, 3.05) is 24.3 Å². The van der Waals surface area contributed by atoms with E-state index >= 15 is 0 Å². The first-order chi connectivity index (χ1) is 10.5. The minimum Gasteiger partial charge on any atom is -0.495 e. The summed E-state index contributed by atoms with van der Waals surface area (Å²) in [4.78, 5) is 11.8. The van der Waals surface area contributed by atoms with Gasteiger partial charge in [0.1, 0.15) is 11.6 Å². The molecule has 0 unspecified atom stereocenters. The largest absolute Gasteiger partial charge is 0.495 e. The second kappa shape index (κ2) is 7.33. The van der Waals surface area contributed by atoms with Gasteiger partial charge < -0.3 is 15.4 Å². The Morgan fingerprint density at radius 2 is 1.95 bits per heavy atom. The summed E-state index contributed by atoms with van der Waals surface area (Å²) in [6, 6.07) is 8.84. The third kappa shape index (κ3) is 4.26. The first-order valence-corrected chi connectivity index (χ1v) is 7.07. The van der Waals surface area contributed by atoms with Crippen LogP contribution in [0.4, 0.5) is 15.8 Å². The third-order valence-corrected chi connectivity index (χ3v) is 3.42. The van der Waals surface area contributed by atoms with Crippen LogP contribution in [0.15, 0.2) is 36.4 Å². The summed E-state index contributed by atoms with van der Waals surface area (Å²) in [5.74, 6) is -0.232. The van der Waals surface area contributed by atoms with Gasteiger partial charge in [-0.05, 0) is 36.4 Å². The second-order valence-electron chi connectivity index (χ2n) is 4.38. The summed E-state index contributed by atoms with van der Waals surface area (Å²) in [5.41, 5.74) is 1.02. The quantitative estimate of drug-likeness (QED) is 0.856. The van der Waals surface area contributed by atoms with Crippen molar-refractivity contribution >= 4 is 40.5 Å². The van der Waals surface area contributed by atoms with E-state index in [0.717, 1.165) is 6.07 Å². The van der Waals surface area contributed by atoms with E-state index in [1.165, 1.54) is 19.2 Å². The lowest BCUT2D eigenvalue weighted by molar-refractivity contribution is -0.114. The van der Waals surface area contributed by atoms with Crippen LogP contribution in [0.5, 0.6) is 5.75 Å². The molecule has 2 N–H and O–H groups in total. The molecule has 0 radical (unpaired) electrons. The van der Waals surface area contributed by atoms with Crippen LogP contribution in [0.1, 0.15) is 0 Å². The predicted octanol–water partition coefficient (Wildman–Crippen LogP) is 4.19. The van der Waals surface area contributed by atoms with Crippen LogP contribution in [0, 0.1) is 5.82 Å². The molecular formula is C15H13Cl2FN2O2. The lowest BCUT2D eigenvalue weighted by Gasteiger charge is -2.10. The van der Waals surface area contributed by atoms with Crippen LogP contribution in [-0.4, -0.2) is 19.6 Å². The number of anilines is 2. The van der Waals surface area contributed by atoms with Gasteiger partial charge in [0.2, 0.25) is 5.91 Å². The number of halogens is 3. The molecule has 0 aliphatic rings. The van der Waals surface area contributed by atoms with Crippen molar-refractivity contribution < 1.29 is 13.9 Å².